The molecule has 0 bridgehead atoms. The molecule has 1 aliphatic heterocycles. The zero-order valence-electron chi connectivity index (χ0n) is 11.5. The van der Waals surface area contributed by atoms with Gasteiger partial charge in [0.1, 0.15) is 0 Å². The van der Waals surface area contributed by atoms with Crippen molar-refractivity contribution in [2.45, 2.75) is 39.2 Å². The minimum absolute atomic E-state index is 0.352. The number of hydrogen-bond acceptors (Lipinski definition) is 3. The van der Waals surface area contributed by atoms with Crippen LogP contribution in [0.1, 0.15) is 33.6 Å². The highest BCUT2D eigenvalue weighted by Gasteiger charge is 2.30. The van der Waals surface area contributed by atoms with Crippen molar-refractivity contribution >= 4 is 6.09 Å². The van der Waals surface area contributed by atoms with Gasteiger partial charge in [0.15, 0.2) is 0 Å². The van der Waals surface area contributed by atoms with Crippen molar-refractivity contribution in [2.75, 3.05) is 26.2 Å². The van der Waals surface area contributed by atoms with Gasteiger partial charge < -0.3 is 10.0 Å². The fraction of sp³-hybridized carbons (Fsp3) is 0.846. The Morgan fingerprint density at radius 1 is 1.44 bits per heavy atom. The van der Waals surface area contributed by atoms with E-state index in [1.54, 1.807) is 0 Å². The lowest BCUT2D eigenvalue weighted by molar-refractivity contribution is 0.0758. The van der Waals surface area contributed by atoms with Gasteiger partial charge in [-0.15, -0.1) is 0 Å². The molecule has 1 amide bonds. The number of carbonyl (C=O) groups is 1. The molecule has 0 spiro atoms. The van der Waals surface area contributed by atoms with Crippen LogP contribution in [0.15, 0.2) is 0 Å². The zero-order valence-corrected chi connectivity index (χ0v) is 11.5. The van der Waals surface area contributed by atoms with Crippen molar-refractivity contribution in [3.05, 3.63) is 0 Å². The molecule has 1 N–H and O–H groups in total. The Labute approximate surface area is 109 Å². The van der Waals surface area contributed by atoms with E-state index in [4.69, 9.17) is 5.26 Å². The molecule has 0 atom stereocenters. The Hall–Kier alpha value is -1.28. The number of amides is 1. The van der Waals surface area contributed by atoms with E-state index in [0.29, 0.717) is 19.0 Å². The number of hydrogen-bond donors (Lipinski definition) is 1. The maximum absolute atomic E-state index is 11.3. The second kappa shape index (κ2) is 6.05. The topological polar surface area (TPSA) is 67.6 Å². The highest BCUT2D eigenvalue weighted by atomic mass is 16.4. The van der Waals surface area contributed by atoms with Crippen molar-refractivity contribution in [3.8, 4) is 6.07 Å². The lowest BCUT2D eigenvalue weighted by atomic mass is 9.94. The molecule has 1 aliphatic rings. The number of nitriles is 1. The van der Waals surface area contributed by atoms with Crippen molar-refractivity contribution in [1.29, 1.82) is 5.26 Å². The minimum Gasteiger partial charge on any atom is -0.465 e. The molecular weight excluding hydrogens is 230 g/mol. The third-order valence-electron chi connectivity index (χ3n) is 3.48. The highest BCUT2D eigenvalue weighted by molar-refractivity contribution is 5.66. The number of piperidine rings is 1. The predicted octanol–water partition coefficient (Wildman–Crippen LogP) is 2.00. The molecule has 18 heavy (non-hydrogen) atoms. The molecule has 5 nitrogen and oxygen atoms in total. The first-order valence-electron chi connectivity index (χ1n) is 6.44. The van der Waals surface area contributed by atoms with Gasteiger partial charge in [-0.05, 0) is 52.6 Å². The molecule has 0 aliphatic carbocycles. The molecule has 1 rings (SSSR count). The Morgan fingerprint density at radius 3 is 2.39 bits per heavy atom. The van der Waals surface area contributed by atoms with Crippen LogP contribution < -0.4 is 0 Å². The summed E-state index contributed by atoms with van der Waals surface area (Å²) in [5, 5.41) is 17.9. The molecule has 0 aromatic carbocycles. The van der Waals surface area contributed by atoms with Gasteiger partial charge in [0.2, 0.25) is 0 Å². The summed E-state index contributed by atoms with van der Waals surface area (Å²) in [4.78, 5) is 14.9. The van der Waals surface area contributed by atoms with E-state index in [0.717, 1.165) is 25.9 Å². The van der Waals surface area contributed by atoms with Crippen LogP contribution in [0.5, 0.6) is 0 Å². The first-order chi connectivity index (χ1) is 8.34. The number of carboxylic acid groups (broad SMARTS) is 1. The Kier molecular flexibility index (Phi) is 4.97. The maximum atomic E-state index is 11.3. The molecule has 0 radical (unpaired) electrons. The molecular formula is C13H23N3O2. The summed E-state index contributed by atoms with van der Waals surface area (Å²) >= 11 is 0. The van der Waals surface area contributed by atoms with Crippen LogP contribution in [0.4, 0.5) is 4.79 Å². The van der Waals surface area contributed by atoms with Crippen molar-refractivity contribution in [1.82, 2.24) is 9.80 Å². The van der Waals surface area contributed by atoms with Crippen LogP contribution in [0, 0.1) is 17.2 Å². The van der Waals surface area contributed by atoms with Gasteiger partial charge in [0.25, 0.3) is 0 Å². The summed E-state index contributed by atoms with van der Waals surface area (Å²) in [6.45, 7) is 8.64. The molecule has 0 aromatic heterocycles. The van der Waals surface area contributed by atoms with Crippen LogP contribution >= 0.6 is 0 Å². The lowest BCUT2D eigenvalue weighted by Gasteiger charge is -2.38. The molecule has 5 heteroatoms. The molecule has 102 valence electrons. The van der Waals surface area contributed by atoms with Crippen LogP contribution in [0.3, 0.4) is 0 Å². The van der Waals surface area contributed by atoms with Gasteiger partial charge in [0, 0.05) is 12.1 Å². The average molecular weight is 253 g/mol. The van der Waals surface area contributed by atoms with Gasteiger partial charge >= 0.3 is 6.09 Å². The summed E-state index contributed by atoms with van der Waals surface area (Å²) in [6.07, 6.45) is 1.10. The largest absolute Gasteiger partial charge is 0.465 e. The summed E-state index contributed by atoms with van der Waals surface area (Å²) in [7, 11) is 0. The first kappa shape index (κ1) is 14.8. The molecule has 1 saturated heterocycles. The minimum atomic E-state index is -0.845. The molecule has 1 heterocycles. The third kappa shape index (κ3) is 4.19. The van der Waals surface area contributed by atoms with E-state index in [2.05, 4.69) is 11.0 Å². The highest BCUT2D eigenvalue weighted by Crippen LogP contribution is 2.22. The Bertz CT molecular complexity index is 322. The average Bonchev–Trinajstić information content (AvgIpc) is 2.26. The van der Waals surface area contributed by atoms with Gasteiger partial charge in [-0.1, -0.05) is 0 Å². The monoisotopic (exact) mass is 253 g/mol. The smallest absolute Gasteiger partial charge is 0.407 e. The fourth-order valence-corrected chi connectivity index (χ4v) is 2.32. The van der Waals surface area contributed by atoms with E-state index in [9.17, 15) is 9.90 Å². The fourth-order valence-electron chi connectivity index (χ4n) is 2.32. The lowest BCUT2D eigenvalue weighted by Crippen LogP contribution is -2.49. The number of rotatable bonds is 3. The van der Waals surface area contributed by atoms with E-state index in [-0.39, 0.29) is 5.54 Å². The summed E-state index contributed by atoms with van der Waals surface area (Å²) in [5.41, 5.74) is -0.352. The normalized spacial score (nSPS) is 18.3. The third-order valence-corrected chi connectivity index (χ3v) is 3.48. The van der Waals surface area contributed by atoms with Crippen LogP contribution in [0.25, 0.3) is 0 Å². The number of likely N-dealkylation sites (tertiary alicyclic amines) is 1. The zero-order chi connectivity index (χ0) is 13.8. The molecule has 0 saturated carbocycles. The number of nitrogens with zero attached hydrogens (tertiary/aromatic N) is 3. The standard InChI is InChI=1S/C13H23N3O2/c1-13(2,3)16(12(17)18)10-11-4-7-15(8-5-11)9-6-14/h11H,4-5,7-10H2,1-3H3,(H,17,18). The van der Waals surface area contributed by atoms with Crippen LogP contribution in [0.2, 0.25) is 0 Å². The van der Waals surface area contributed by atoms with Crippen molar-refractivity contribution in [2.24, 2.45) is 5.92 Å². The van der Waals surface area contributed by atoms with Gasteiger partial charge in [0.05, 0.1) is 12.6 Å². The second-order valence-corrected chi connectivity index (χ2v) is 5.94. The van der Waals surface area contributed by atoms with Gasteiger partial charge in [-0.3, -0.25) is 4.90 Å². The van der Waals surface area contributed by atoms with Gasteiger partial charge in [-0.2, -0.15) is 5.26 Å². The first-order valence-corrected chi connectivity index (χ1v) is 6.44. The quantitative estimate of drug-likeness (QED) is 0.781. The Balaban J connectivity index is 2.49. The van der Waals surface area contributed by atoms with E-state index >= 15 is 0 Å². The van der Waals surface area contributed by atoms with E-state index in [1.165, 1.54) is 4.90 Å². The SMILES string of the molecule is CC(C)(C)N(CC1CCN(CC#N)CC1)C(=O)O. The van der Waals surface area contributed by atoms with E-state index in [1.807, 2.05) is 20.8 Å². The van der Waals surface area contributed by atoms with Crippen molar-refractivity contribution in [3.63, 3.8) is 0 Å². The van der Waals surface area contributed by atoms with Crippen LogP contribution in [-0.4, -0.2) is 52.7 Å². The Morgan fingerprint density at radius 2 is 2.00 bits per heavy atom. The van der Waals surface area contributed by atoms with E-state index < -0.39 is 6.09 Å². The molecule has 0 unspecified atom stereocenters. The maximum Gasteiger partial charge on any atom is 0.407 e. The molecule has 0 aromatic rings. The van der Waals surface area contributed by atoms with Crippen molar-refractivity contribution < 1.29 is 9.90 Å². The molecule has 1 fully saturated rings. The van der Waals surface area contributed by atoms with Crippen LogP contribution in [-0.2, 0) is 0 Å². The predicted molar refractivity (Wildman–Crippen MR) is 69.3 cm³/mol. The second-order valence-electron chi connectivity index (χ2n) is 5.94. The summed E-state index contributed by atoms with van der Waals surface area (Å²) < 4.78 is 0. The summed E-state index contributed by atoms with van der Waals surface area (Å²) in [5.74, 6) is 0.412. The summed E-state index contributed by atoms with van der Waals surface area (Å²) in [6, 6.07) is 2.16. The van der Waals surface area contributed by atoms with Gasteiger partial charge in [-0.25, -0.2) is 4.79 Å².